The summed E-state index contributed by atoms with van der Waals surface area (Å²) in [5, 5.41) is 2.87. The van der Waals surface area contributed by atoms with Crippen molar-refractivity contribution in [3.05, 3.63) is 29.8 Å². The van der Waals surface area contributed by atoms with Gasteiger partial charge in [-0.25, -0.2) is 4.79 Å². The Bertz CT molecular complexity index is 502. The van der Waals surface area contributed by atoms with Crippen molar-refractivity contribution in [2.24, 2.45) is 0 Å². The third-order valence-corrected chi connectivity index (χ3v) is 4.31. The molecule has 0 spiro atoms. The molecule has 1 N–H and O–H groups in total. The van der Waals surface area contributed by atoms with Crippen LogP contribution in [0.3, 0.4) is 0 Å². The molecule has 6 nitrogen and oxygen atoms in total. The van der Waals surface area contributed by atoms with Crippen molar-refractivity contribution >= 4 is 6.03 Å². The zero-order chi connectivity index (χ0) is 16.7. The maximum Gasteiger partial charge on any atom is 0.317 e. The molecule has 1 fully saturated rings. The number of ether oxygens (including phenoxy) is 2. The Balaban J connectivity index is 1.84. The van der Waals surface area contributed by atoms with E-state index >= 15 is 0 Å². The topological polar surface area (TPSA) is 54.0 Å². The fourth-order valence-corrected chi connectivity index (χ4v) is 2.80. The average Bonchev–Trinajstić information content (AvgIpc) is 2.61. The molecule has 1 aliphatic rings. The molecule has 0 unspecified atom stereocenters. The first kappa shape index (κ1) is 17.6. The predicted octanol–water partition coefficient (Wildman–Crippen LogP) is 1.73. The van der Waals surface area contributed by atoms with Crippen LogP contribution in [0.25, 0.3) is 0 Å². The first-order valence-corrected chi connectivity index (χ1v) is 8.05. The number of hydrogen-bond acceptors (Lipinski definition) is 4. The van der Waals surface area contributed by atoms with Crippen LogP contribution >= 0.6 is 0 Å². The summed E-state index contributed by atoms with van der Waals surface area (Å²) in [5.74, 6) is 0.880. The molecule has 128 valence electrons. The summed E-state index contributed by atoms with van der Waals surface area (Å²) < 4.78 is 10.2. The highest BCUT2D eigenvalue weighted by Crippen LogP contribution is 2.24. The third kappa shape index (κ3) is 4.84. The lowest BCUT2D eigenvalue weighted by Gasteiger charge is -2.38. The van der Waals surface area contributed by atoms with Crippen LogP contribution in [0, 0.1) is 0 Å². The second-order valence-corrected chi connectivity index (χ2v) is 5.70. The third-order valence-electron chi connectivity index (χ3n) is 4.31. The van der Waals surface area contributed by atoms with E-state index in [-0.39, 0.29) is 6.03 Å². The summed E-state index contributed by atoms with van der Waals surface area (Å²) in [7, 11) is 3.32. The van der Waals surface area contributed by atoms with E-state index in [1.807, 2.05) is 17.0 Å². The van der Waals surface area contributed by atoms with E-state index < -0.39 is 0 Å². The highest BCUT2D eigenvalue weighted by molar-refractivity contribution is 5.74. The van der Waals surface area contributed by atoms with Crippen LogP contribution in [0.4, 0.5) is 4.79 Å². The molecule has 0 aliphatic carbocycles. The summed E-state index contributed by atoms with van der Waals surface area (Å²) in [6, 6.07) is 8.48. The molecule has 0 bridgehead atoms. The van der Waals surface area contributed by atoms with E-state index in [0.29, 0.717) is 19.2 Å². The van der Waals surface area contributed by atoms with Crippen LogP contribution in [0.1, 0.15) is 18.5 Å². The summed E-state index contributed by atoms with van der Waals surface area (Å²) in [6.07, 6.45) is 0. The monoisotopic (exact) mass is 321 g/mol. The number of nitrogens with one attached hydrogen (secondary N) is 1. The van der Waals surface area contributed by atoms with Gasteiger partial charge in [-0.3, -0.25) is 4.90 Å². The van der Waals surface area contributed by atoms with Gasteiger partial charge in [-0.05, 0) is 24.6 Å². The molecule has 1 atom stereocenters. The van der Waals surface area contributed by atoms with Crippen molar-refractivity contribution < 1.29 is 14.3 Å². The van der Waals surface area contributed by atoms with Crippen molar-refractivity contribution in [3.63, 3.8) is 0 Å². The number of methoxy groups -OCH3 is 2. The predicted molar refractivity (Wildman–Crippen MR) is 89.8 cm³/mol. The van der Waals surface area contributed by atoms with E-state index in [2.05, 4.69) is 29.3 Å². The van der Waals surface area contributed by atoms with Crippen LogP contribution in [0.5, 0.6) is 5.75 Å². The van der Waals surface area contributed by atoms with Crippen molar-refractivity contribution in [2.75, 3.05) is 53.6 Å². The van der Waals surface area contributed by atoms with Crippen LogP contribution in [0.2, 0.25) is 0 Å². The van der Waals surface area contributed by atoms with E-state index in [9.17, 15) is 4.79 Å². The zero-order valence-electron chi connectivity index (χ0n) is 14.2. The molecule has 0 aromatic heterocycles. The number of rotatable bonds is 6. The number of amides is 2. The highest BCUT2D eigenvalue weighted by Gasteiger charge is 2.24. The molecule has 2 rings (SSSR count). The van der Waals surface area contributed by atoms with Gasteiger partial charge in [0.15, 0.2) is 0 Å². The molecule has 23 heavy (non-hydrogen) atoms. The fourth-order valence-electron chi connectivity index (χ4n) is 2.80. The Hall–Kier alpha value is -1.79. The Morgan fingerprint density at radius 2 is 2.00 bits per heavy atom. The van der Waals surface area contributed by atoms with Crippen LogP contribution in [-0.4, -0.2) is 69.4 Å². The van der Waals surface area contributed by atoms with Gasteiger partial charge >= 0.3 is 6.03 Å². The smallest absolute Gasteiger partial charge is 0.317 e. The van der Waals surface area contributed by atoms with Crippen molar-refractivity contribution in [1.82, 2.24) is 15.1 Å². The van der Waals surface area contributed by atoms with Gasteiger partial charge in [0.05, 0.1) is 13.7 Å². The summed E-state index contributed by atoms with van der Waals surface area (Å²) in [4.78, 5) is 16.3. The van der Waals surface area contributed by atoms with Gasteiger partial charge in [-0.2, -0.15) is 0 Å². The number of carbonyl (C=O) groups excluding carboxylic acids is 1. The van der Waals surface area contributed by atoms with E-state index in [1.165, 1.54) is 5.56 Å². The lowest BCUT2D eigenvalue weighted by atomic mass is 10.1. The molecule has 0 radical (unpaired) electrons. The quantitative estimate of drug-likeness (QED) is 0.811. The molecule has 2 amide bonds. The molecule has 1 aromatic rings. The normalized spacial score (nSPS) is 16.9. The largest absolute Gasteiger partial charge is 0.497 e. The number of carbonyl (C=O) groups is 1. The fraction of sp³-hybridized carbons (Fsp3) is 0.588. The maximum absolute atomic E-state index is 12.0. The Morgan fingerprint density at radius 3 is 2.65 bits per heavy atom. The van der Waals surface area contributed by atoms with Crippen LogP contribution in [0.15, 0.2) is 24.3 Å². The molecule has 1 saturated heterocycles. The average molecular weight is 321 g/mol. The molecule has 1 aromatic carbocycles. The second kappa shape index (κ2) is 8.74. The first-order chi connectivity index (χ1) is 11.2. The Morgan fingerprint density at radius 1 is 1.26 bits per heavy atom. The van der Waals surface area contributed by atoms with E-state index in [0.717, 1.165) is 31.9 Å². The minimum absolute atomic E-state index is 0.00395. The van der Waals surface area contributed by atoms with Crippen LogP contribution in [-0.2, 0) is 4.74 Å². The standard InChI is InChI=1S/C17H27N3O3/c1-14(15-5-4-6-16(13-15)23-3)19-8-10-20(11-9-19)17(21)18-7-12-22-2/h4-6,13-14H,7-12H2,1-3H3,(H,18,21)/t14-/m1/s1. The molecule has 6 heteroatoms. The minimum atomic E-state index is -0.00395. The zero-order valence-corrected chi connectivity index (χ0v) is 14.2. The number of piperazine rings is 1. The number of urea groups is 1. The summed E-state index contributed by atoms with van der Waals surface area (Å²) in [6.45, 7) is 6.52. The second-order valence-electron chi connectivity index (χ2n) is 5.70. The van der Waals surface area contributed by atoms with E-state index in [4.69, 9.17) is 9.47 Å². The van der Waals surface area contributed by atoms with Crippen molar-refractivity contribution in [2.45, 2.75) is 13.0 Å². The SMILES string of the molecule is COCCNC(=O)N1CCN([C@H](C)c2cccc(OC)c2)CC1. The number of hydrogen-bond donors (Lipinski definition) is 1. The van der Waals surface area contributed by atoms with Gasteiger partial charge in [-0.15, -0.1) is 0 Å². The highest BCUT2D eigenvalue weighted by atomic mass is 16.5. The van der Waals surface area contributed by atoms with Gasteiger partial charge in [0, 0.05) is 45.9 Å². The van der Waals surface area contributed by atoms with Crippen molar-refractivity contribution in [1.29, 1.82) is 0 Å². The molecular formula is C17H27N3O3. The Labute approximate surface area is 138 Å². The first-order valence-electron chi connectivity index (χ1n) is 8.05. The van der Waals surface area contributed by atoms with Gasteiger partial charge in [0.25, 0.3) is 0 Å². The lowest BCUT2D eigenvalue weighted by Crippen LogP contribution is -2.52. The number of nitrogens with zero attached hydrogens (tertiary/aromatic N) is 2. The van der Waals surface area contributed by atoms with Gasteiger partial charge in [-0.1, -0.05) is 12.1 Å². The molecule has 1 heterocycles. The van der Waals surface area contributed by atoms with E-state index in [1.54, 1.807) is 14.2 Å². The molecular weight excluding hydrogens is 294 g/mol. The number of benzene rings is 1. The van der Waals surface area contributed by atoms with Gasteiger partial charge in [0.2, 0.25) is 0 Å². The van der Waals surface area contributed by atoms with Crippen LogP contribution < -0.4 is 10.1 Å². The van der Waals surface area contributed by atoms with Gasteiger partial charge in [0.1, 0.15) is 5.75 Å². The Kier molecular flexibility index (Phi) is 6.67. The summed E-state index contributed by atoms with van der Waals surface area (Å²) in [5.41, 5.74) is 1.24. The maximum atomic E-state index is 12.0. The van der Waals surface area contributed by atoms with Crippen molar-refractivity contribution in [3.8, 4) is 5.75 Å². The minimum Gasteiger partial charge on any atom is -0.497 e. The lowest BCUT2D eigenvalue weighted by molar-refractivity contribution is 0.112. The van der Waals surface area contributed by atoms with Gasteiger partial charge < -0.3 is 19.7 Å². The molecule has 1 aliphatic heterocycles. The summed E-state index contributed by atoms with van der Waals surface area (Å²) >= 11 is 0. The molecule has 0 saturated carbocycles.